The first-order chi connectivity index (χ1) is 8.91. The molecule has 104 valence electrons. The van der Waals surface area contributed by atoms with Crippen molar-refractivity contribution in [3.63, 3.8) is 0 Å². The van der Waals surface area contributed by atoms with Crippen LogP contribution >= 0.6 is 11.6 Å². The van der Waals surface area contributed by atoms with E-state index in [1.807, 2.05) is 0 Å². The molecular weight excluding hydrogens is 290 g/mol. The number of hydrogen-bond acceptors (Lipinski definition) is 4. The molecule has 0 aliphatic rings. The zero-order valence-corrected chi connectivity index (χ0v) is 12.0. The minimum atomic E-state index is -3.51. The number of nitrogens with zero attached hydrogens (tertiary/aromatic N) is 1. The smallest absolute Gasteiger partial charge is 0.235 e. The fraction of sp³-hybridized carbons (Fsp3) is 0.364. The first-order valence-electron chi connectivity index (χ1n) is 5.57. The topological polar surface area (TPSA) is 84.1 Å². The second kappa shape index (κ2) is 5.36. The molecule has 2 rings (SSSR count). The molecule has 19 heavy (non-hydrogen) atoms. The second-order valence-electron chi connectivity index (χ2n) is 4.22. The van der Waals surface area contributed by atoms with Crippen molar-refractivity contribution in [2.24, 2.45) is 0 Å². The second-order valence-corrected chi connectivity index (χ2v) is 6.42. The Bertz CT molecular complexity index is 684. The van der Waals surface area contributed by atoms with Crippen LogP contribution in [0.2, 0.25) is 5.02 Å². The zero-order valence-electron chi connectivity index (χ0n) is 10.5. The van der Waals surface area contributed by atoms with E-state index < -0.39 is 16.1 Å². The Morgan fingerprint density at radius 1 is 1.53 bits per heavy atom. The summed E-state index contributed by atoms with van der Waals surface area (Å²) in [5, 5.41) is 7.78. The predicted molar refractivity (Wildman–Crippen MR) is 75.0 cm³/mol. The van der Waals surface area contributed by atoms with E-state index in [9.17, 15) is 8.42 Å². The summed E-state index contributed by atoms with van der Waals surface area (Å²) < 4.78 is 31.4. The maximum absolute atomic E-state index is 12.0. The van der Waals surface area contributed by atoms with E-state index >= 15 is 0 Å². The number of aromatic amines is 1. The Hall–Kier alpha value is -1.31. The quantitative estimate of drug-likeness (QED) is 0.884. The van der Waals surface area contributed by atoms with Crippen LogP contribution in [0, 0.1) is 0 Å². The molecule has 0 bridgehead atoms. The van der Waals surface area contributed by atoms with Gasteiger partial charge < -0.3 is 4.74 Å². The molecule has 0 radical (unpaired) electrons. The SMILES string of the molecule is COC(C)CS(=O)(=O)Nc1cc(Cl)cc2cn[nH]c12. The summed E-state index contributed by atoms with van der Waals surface area (Å²) in [5.74, 6) is -0.133. The molecule has 2 aromatic rings. The van der Waals surface area contributed by atoms with Crippen molar-refractivity contribution in [1.82, 2.24) is 10.2 Å². The van der Waals surface area contributed by atoms with Gasteiger partial charge in [0.15, 0.2) is 0 Å². The van der Waals surface area contributed by atoms with Crippen LogP contribution in [-0.4, -0.2) is 37.6 Å². The van der Waals surface area contributed by atoms with Gasteiger partial charge in [-0.1, -0.05) is 11.6 Å². The number of halogens is 1. The highest BCUT2D eigenvalue weighted by atomic mass is 35.5. The number of rotatable bonds is 5. The third kappa shape index (κ3) is 3.37. The van der Waals surface area contributed by atoms with Crippen molar-refractivity contribution in [3.8, 4) is 0 Å². The molecule has 1 aromatic heterocycles. The molecule has 8 heteroatoms. The van der Waals surface area contributed by atoms with Crippen molar-refractivity contribution < 1.29 is 13.2 Å². The van der Waals surface area contributed by atoms with Crippen LogP contribution < -0.4 is 4.72 Å². The number of hydrogen-bond donors (Lipinski definition) is 2. The number of methoxy groups -OCH3 is 1. The third-order valence-electron chi connectivity index (χ3n) is 2.64. The molecule has 0 fully saturated rings. The average Bonchev–Trinajstić information content (AvgIpc) is 2.75. The minimum absolute atomic E-state index is 0.133. The van der Waals surface area contributed by atoms with Crippen molar-refractivity contribution >= 4 is 38.2 Å². The molecule has 0 aliphatic heterocycles. The lowest BCUT2D eigenvalue weighted by Crippen LogP contribution is -2.25. The van der Waals surface area contributed by atoms with E-state index in [0.717, 1.165) is 5.39 Å². The van der Waals surface area contributed by atoms with E-state index in [-0.39, 0.29) is 5.75 Å². The van der Waals surface area contributed by atoms with E-state index in [0.29, 0.717) is 16.2 Å². The Kier molecular flexibility index (Phi) is 3.98. The van der Waals surface area contributed by atoms with Crippen molar-refractivity contribution in [2.45, 2.75) is 13.0 Å². The molecule has 0 saturated carbocycles. The van der Waals surface area contributed by atoms with Crippen LogP contribution in [0.5, 0.6) is 0 Å². The van der Waals surface area contributed by atoms with E-state index in [2.05, 4.69) is 14.9 Å². The summed E-state index contributed by atoms with van der Waals surface area (Å²) in [6.45, 7) is 1.68. The molecule has 6 nitrogen and oxygen atoms in total. The summed E-state index contributed by atoms with van der Waals surface area (Å²) in [6.07, 6.45) is 1.19. The van der Waals surface area contributed by atoms with Crippen LogP contribution in [-0.2, 0) is 14.8 Å². The number of nitrogens with one attached hydrogen (secondary N) is 2. The van der Waals surface area contributed by atoms with Gasteiger partial charge in [0.2, 0.25) is 10.0 Å². The van der Waals surface area contributed by atoms with Crippen LogP contribution in [0.25, 0.3) is 10.9 Å². The molecule has 1 heterocycles. The van der Waals surface area contributed by atoms with E-state index in [4.69, 9.17) is 16.3 Å². The van der Waals surface area contributed by atoms with E-state index in [1.54, 1.807) is 19.2 Å². The van der Waals surface area contributed by atoms with Gasteiger partial charge in [-0.2, -0.15) is 5.10 Å². The van der Waals surface area contributed by atoms with Crippen LogP contribution in [0.15, 0.2) is 18.3 Å². The molecule has 2 N–H and O–H groups in total. The van der Waals surface area contributed by atoms with Gasteiger partial charge in [0.25, 0.3) is 0 Å². The van der Waals surface area contributed by atoms with Gasteiger partial charge in [-0.25, -0.2) is 8.42 Å². The molecule has 0 saturated heterocycles. The maximum Gasteiger partial charge on any atom is 0.235 e. The Morgan fingerprint density at radius 2 is 2.26 bits per heavy atom. The van der Waals surface area contributed by atoms with Crippen LogP contribution in [0.4, 0.5) is 5.69 Å². The van der Waals surface area contributed by atoms with Gasteiger partial charge in [0.1, 0.15) is 0 Å². The molecule has 0 amide bonds. The monoisotopic (exact) mass is 303 g/mol. The summed E-state index contributed by atoms with van der Waals surface area (Å²) in [6, 6.07) is 3.24. The van der Waals surface area contributed by atoms with Crippen molar-refractivity contribution in [1.29, 1.82) is 0 Å². The predicted octanol–water partition coefficient (Wildman–Crippen LogP) is 1.99. The van der Waals surface area contributed by atoms with Gasteiger partial charge in [-0.05, 0) is 19.1 Å². The lowest BCUT2D eigenvalue weighted by molar-refractivity contribution is 0.136. The first kappa shape index (κ1) is 14.1. The zero-order chi connectivity index (χ0) is 14.0. The lowest BCUT2D eigenvalue weighted by atomic mass is 10.2. The maximum atomic E-state index is 12.0. The summed E-state index contributed by atoms with van der Waals surface area (Å²) >= 11 is 5.94. The number of H-pyrrole nitrogens is 1. The third-order valence-corrected chi connectivity index (χ3v) is 4.29. The number of aromatic nitrogens is 2. The molecule has 1 unspecified atom stereocenters. The van der Waals surface area contributed by atoms with Gasteiger partial charge in [0.05, 0.1) is 29.3 Å². The number of anilines is 1. The first-order valence-corrected chi connectivity index (χ1v) is 7.60. The fourth-order valence-electron chi connectivity index (χ4n) is 1.69. The normalized spacial score (nSPS) is 13.6. The number of benzene rings is 1. The Morgan fingerprint density at radius 3 is 2.95 bits per heavy atom. The van der Waals surface area contributed by atoms with Crippen molar-refractivity contribution in [3.05, 3.63) is 23.4 Å². The Balaban J connectivity index is 2.33. The van der Waals surface area contributed by atoms with Gasteiger partial charge >= 0.3 is 0 Å². The van der Waals surface area contributed by atoms with Gasteiger partial charge in [-0.3, -0.25) is 9.82 Å². The Labute approximate surface area is 116 Å². The summed E-state index contributed by atoms with van der Waals surface area (Å²) in [4.78, 5) is 0. The van der Waals surface area contributed by atoms with Crippen molar-refractivity contribution in [2.75, 3.05) is 17.6 Å². The number of fused-ring (bicyclic) bond motifs is 1. The fourth-order valence-corrected chi connectivity index (χ4v) is 3.25. The largest absolute Gasteiger partial charge is 0.381 e. The number of ether oxygens (including phenoxy) is 1. The average molecular weight is 304 g/mol. The van der Waals surface area contributed by atoms with Gasteiger partial charge in [-0.15, -0.1) is 0 Å². The molecule has 0 spiro atoms. The van der Waals surface area contributed by atoms with Gasteiger partial charge in [0, 0.05) is 17.5 Å². The van der Waals surface area contributed by atoms with E-state index in [1.165, 1.54) is 13.2 Å². The number of sulfonamides is 1. The molecular formula is C11H14ClN3O3S. The molecule has 1 aromatic carbocycles. The highest BCUT2D eigenvalue weighted by molar-refractivity contribution is 7.92. The molecule has 1 atom stereocenters. The van der Waals surface area contributed by atoms with Crippen LogP contribution in [0.1, 0.15) is 6.92 Å². The highest BCUT2D eigenvalue weighted by Gasteiger charge is 2.17. The molecule has 0 aliphatic carbocycles. The lowest BCUT2D eigenvalue weighted by Gasteiger charge is -2.12. The standard InChI is InChI=1S/C11H14ClN3O3S/c1-7(18-2)6-19(16,17)15-10-4-9(12)3-8-5-13-14-11(8)10/h3-5,7,15H,6H2,1-2H3,(H,13,14). The highest BCUT2D eigenvalue weighted by Crippen LogP contribution is 2.27. The minimum Gasteiger partial charge on any atom is -0.381 e. The summed E-state index contributed by atoms with van der Waals surface area (Å²) in [7, 11) is -2.05. The van der Waals surface area contributed by atoms with Crippen LogP contribution in [0.3, 0.4) is 0 Å². The summed E-state index contributed by atoms with van der Waals surface area (Å²) in [5.41, 5.74) is 0.973.